The summed E-state index contributed by atoms with van der Waals surface area (Å²) in [6.45, 7) is 2.71. The molecule has 0 atom stereocenters. The Morgan fingerprint density at radius 3 is 2.86 bits per heavy atom. The summed E-state index contributed by atoms with van der Waals surface area (Å²) in [4.78, 5) is 10.4. The van der Waals surface area contributed by atoms with Crippen LogP contribution in [0.25, 0.3) is 10.9 Å². The van der Waals surface area contributed by atoms with Crippen LogP contribution in [0.2, 0.25) is 0 Å². The molecule has 2 rings (SSSR count). The van der Waals surface area contributed by atoms with Crippen molar-refractivity contribution in [2.45, 2.75) is 13.5 Å². The smallest absolute Gasteiger partial charge is 0.293 e. The summed E-state index contributed by atoms with van der Waals surface area (Å²) < 4.78 is 1.88. The van der Waals surface area contributed by atoms with Gasteiger partial charge in [0.2, 0.25) is 0 Å². The van der Waals surface area contributed by atoms with E-state index >= 15 is 0 Å². The topological polar surface area (TPSA) is 48.1 Å². The van der Waals surface area contributed by atoms with E-state index in [0.29, 0.717) is 5.52 Å². The molecule has 0 saturated heterocycles. The van der Waals surface area contributed by atoms with Gasteiger partial charge in [0.15, 0.2) is 0 Å². The molecule has 1 aromatic carbocycles. The molecule has 4 nitrogen and oxygen atoms in total. The molecule has 72 valence electrons. The molecule has 0 fully saturated rings. The highest BCUT2D eigenvalue weighted by molar-refractivity contribution is 5.88. The zero-order chi connectivity index (χ0) is 10.1. The third kappa shape index (κ3) is 1.16. The molecule has 1 heterocycles. The van der Waals surface area contributed by atoms with Gasteiger partial charge in [0.05, 0.1) is 4.92 Å². The number of nitro benzene ring substituents is 1. The lowest BCUT2D eigenvalue weighted by Crippen LogP contribution is -1.96. The van der Waals surface area contributed by atoms with Crippen molar-refractivity contribution in [3.8, 4) is 0 Å². The molecule has 0 amide bonds. The van der Waals surface area contributed by atoms with E-state index in [1.165, 1.54) is 6.07 Å². The molecule has 0 aliphatic carbocycles. The molecule has 0 saturated carbocycles. The molecule has 0 spiro atoms. The Kier molecular flexibility index (Phi) is 1.96. The zero-order valence-electron chi connectivity index (χ0n) is 7.80. The summed E-state index contributed by atoms with van der Waals surface area (Å²) in [7, 11) is 0. The van der Waals surface area contributed by atoms with Crippen LogP contribution in [0.5, 0.6) is 0 Å². The average Bonchev–Trinajstić information content (AvgIpc) is 2.59. The molecule has 1 aromatic heterocycles. The molecular formula is C10H10N2O2. The number of benzene rings is 1. The summed E-state index contributed by atoms with van der Waals surface area (Å²) in [5.41, 5.74) is 0.884. The fraction of sp³-hybridized carbons (Fsp3) is 0.200. The van der Waals surface area contributed by atoms with Crippen molar-refractivity contribution in [2.24, 2.45) is 0 Å². The predicted molar refractivity (Wildman–Crippen MR) is 54.3 cm³/mol. The lowest BCUT2D eigenvalue weighted by atomic mass is 10.2. The van der Waals surface area contributed by atoms with Crippen LogP contribution >= 0.6 is 0 Å². The van der Waals surface area contributed by atoms with Gasteiger partial charge in [-0.05, 0) is 13.0 Å². The Bertz CT molecular complexity index is 488. The van der Waals surface area contributed by atoms with Gasteiger partial charge in [-0.25, -0.2) is 0 Å². The van der Waals surface area contributed by atoms with Crippen LogP contribution in [0.15, 0.2) is 30.5 Å². The molecule has 2 aromatic rings. The van der Waals surface area contributed by atoms with Gasteiger partial charge in [-0.3, -0.25) is 10.1 Å². The summed E-state index contributed by atoms with van der Waals surface area (Å²) in [5.74, 6) is 0. The molecule has 14 heavy (non-hydrogen) atoms. The van der Waals surface area contributed by atoms with E-state index in [2.05, 4.69) is 0 Å². The Hall–Kier alpha value is -1.84. The van der Waals surface area contributed by atoms with Crippen molar-refractivity contribution >= 4 is 16.6 Å². The number of hydrogen-bond acceptors (Lipinski definition) is 2. The van der Waals surface area contributed by atoms with E-state index < -0.39 is 0 Å². The first-order valence-electron chi connectivity index (χ1n) is 4.46. The van der Waals surface area contributed by atoms with E-state index in [-0.39, 0.29) is 10.6 Å². The molecule has 0 N–H and O–H groups in total. The number of rotatable bonds is 2. The number of aryl methyl sites for hydroxylation is 1. The summed E-state index contributed by atoms with van der Waals surface area (Å²) in [6.07, 6.45) is 1.87. The molecule has 0 radical (unpaired) electrons. The second kappa shape index (κ2) is 3.14. The summed E-state index contributed by atoms with van der Waals surface area (Å²) >= 11 is 0. The maximum absolute atomic E-state index is 10.8. The van der Waals surface area contributed by atoms with Gasteiger partial charge >= 0.3 is 0 Å². The molecule has 0 aliphatic heterocycles. The maximum atomic E-state index is 10.8. The first-order valence-corrected chi connectivity index (χ1v) is 4.46. The largest absolute Gasteiger partial charge is 0.342 e. The Morgan fingerprint density at radius 2 is 2.21 bits per heavy atom. The van der Waals surface area contributed by atoms with Crippen LogP contribution < -0.4 is 0 Å². The number of aromatic nitrogens is 1. The van der Waals surface area contributed by atoms with E-state index in [4.69, 9.17) is 0 Å². The quantitative estimate of drug-likeness (QED) is 0.539. The number of fused-ring (bicyclic) bond motifs is 1. The minimum Gasteiger partial charge on any atom is -0.342 e. The highest BCUT2D eigenvalue weighted by Gasteiger charge is 2.13. The van der Waals surface area contributed by atoms with Gasteiger partial charge in [0.25, 0.3) is 5.69 Å². The highest BCUT2D eigenvalue weighted by Crippen LogP contribution is 2.25. The van der Waals surface area contributed by atoms with Crippen LogP contribution in [0.1, 0.15) is 6.92 Å². The van der Waals surface area contributed by atoms with E-state index in [1.54, 1.807) is 6.07 Å². The standard InChI is InChI=1S/C10H10N2O2/c1-2-11-7-6-8-4-3-5-9(10(8)11)12(13)14/h3-7H,2H2,1H3. The number of non-ortho nitro benzene ring substituents is 1. The summed E-state index contributed by atoms with van der Waals surface area (Å²) in [5, 5.41) is 11.7. The Labute approximate surface area is 80.9 Å². The fourth-order valence-electron chi connectivity index (χ4n) is 1.65. The lowest BCUT2D eigenvalue weighted by molar-refractivity contribution is -0.383. The van der Waals surface area contributed by atoms with Gasteiger partial charge in [-0.2, -0.15) is 0 Å². The van der Waals surface area contributed by atoms with Crippen LogP contribution in [-0.2, 0) is 6.54 Å². The highest BCUT2D eigenvalue weighted by atomic mass is 16.6. The third-order valence-corrected chi connectivity index (χ3v) is 2.30. The first kappa shape index (κ1) is 8.74. The van der Waals surface area contributed by atoms with Gasteiger partial charge in [-0.15, -0.1) is 0 Å². The fourth-order valence-corrected chi connectivity index (χ4v) is 1.65. The van der Waals surface area contributed by atoms with E-state index in [1.807, 2.05) is 29.8 Å². The number of hydrogen-bond donors (Lipinski definition) is 0. The van der Waals surface area contributed by atoms with Crippen LogP contribution in [0.4, 0.5) is 5.69 Å². The van der Waals surface area contributed by atoms with Crippen LogP contribution in [-0.4, -0.2) is 9.49 Å². The predicted octanol–water partition coefficient (Wildman–Crippen LogP) is 2.57. The average molecular weight is 190 g/mol. The van der Waals surface area contributed by atoms with Crippen molar-refractivity contribution in [1.82, 2.24) is 4.57 Å². The second-order valence-corrected chi connectivity index (χ2v) is 3.07. The molecule has 4 heteroatoms. The van der Waals surface area contributed by atoms with Gasteiger partial charge in [0, 0.05) is 24.2 Å². The number of nitro groups is 1. The van der Waals surface area contributed by atoms with Crippen molar-refractivity contribution in [1.29, 1.82) is 0 Å². The minimum atomic E-state index is -0.339. The molecule has 0 aliphatic rings. The molecular weight excluding hydrogens is 180 g/mol. The van der Waals surface area contributed by atoms with Crippen LogP contribution in [0.3, 0.4) is 0 Å². The summed E-state index contributed by atoms with van der Waals surface area (Å²) in [6, 6.07) is 7.02. The Balaban J connectivity index is 2.81. The van der Waals surface area contributed by atoms with Gasteiger partial charge in [0.1, 0.15) is 5.52 Å². The van der Waals surface area contributed by atoms with Gasteiger partial charge < -0.3 is 4.57 Å². The number of nitrogens with zero attached hydrogens (tertiary/aromatic N) is 2. The number of para-hydroxylation sites is 1. The zero-order valence-corrected chi connectivity index (χ0v) is 7.80. The first-order chi connectivity index (χ1) is 6.74. The van der Waals surface area contributed by atoms with E-state index in [9.17, 15) is 10.1 Å². The van der Waals surface area contributed by atoms with Crippen LogP contribution in [0, 0.1) is 10.1 Å². The SMILES string of the molecule is CCn1ccc2cccc([N+](=O)[O-])c21. The Morgan fingerprint density at radius 1 is 1.43 bits per heavy atom. The van der Waals surface area contributed by atoms with Crippen molar-refractivity contribution in [3.63, 3.8) is 0 Å². The monoisotopic (exact) mass is 190 g/mol. The minimum absolute atomic E-state index is 0.175. The molecule has 0 unspecified atom stereocenters. The molecule has 0 bridgehead atoms. The van der Waals surface area contributed by atoms with Crippen molar-refractivity contribution in [2.75, 3.05) is 0 Å². The normalized spacial score (nSPS) is 10.6. The van der Waals surface area contributed by atoms with Gasteiger partial charge in [-0.1, -0.05) is 12.1 Å². The second-order valence-electron chi connectivity index (χ2n) is 3.07. The van der Waals surface area contributed by atoms with Crippen molar-refractivity contribution in [3.05, 3.63) is 40.6 Å². The lowest BCUT2D eigenvalue weighted by Gasteiger charge is -2.00. The van der Waals surface area contributed by atoms with E-state index in [0.717, 1.165) is 11.9 Å². The third-order valence-electron chi connectivity index (χ3n) is 2.30. The van der Waals surface area contributed by atoms with Crippen molar-refractivity contribution < 1.29 is 4.92 Å². The maximum Gasteiger partial charge on any atom is 0.293 e.